The standard InChI is InChI=1S/C29H43NO/c1-2-3-4-5-6-7-8-9-10-11-12-13-14-15-26-31-29-20-18-27(19-21-29)16-17-28-22-24-30-25-23-28/h16-25H,2-15,26H2,1H3/b17-16+. The second-order valence-electron chi connectivity index (χ2n) is 8.63. The van der Waals surface area contributed by atoms with E-state index in [0.29, 0.717) is 0 Å². The smallest absolute Gasteiger partial charge is 0.119 e. The summed E-state index contributed by atoms with van der Waals surface area (Å²) in [6.07, 6.45) is 27.3. The molecule has 1 aromatic heterocycles. The molecule has 0 N–H and O–H groups in total. The molecular formula is C29H43NO. The van der Waals surface area contributed by atoms with Gasteiger partial charge in [0.1, 0.15) is 5.75 Å². The van der Waals surface area contributed by atoms with Gasteiger partial charge in [-0.25, -0.2) is 0 Å². The number of pyridine rings is 1. The van der Waals surface area contributed by atoms with E-state index >= 15 is 0 Å². The Hall–Kier alpha value is -2.09. The van der Waals surface area contributed by atoms with Crippen molar-refractivity contribution in [1.29, 1.82) is 0 Å². The minimum Gasteiger partial charge on any atom is -0.494 e. The van der Waals surface area contributed by atoms with Gasteiger partial charge in [0.25, 0.3) is 0 Å². The summed E-state index contributed by atoms with van der Waals surface area (Å²) >= 11 is 0. The largest absolute Gasteiger partial charge is 0.494 e. The van der Waals surface area contributed by atoms with Crippen molar-refractivity contribution < 1.29 is 4.74 Å². The predicted molar refractivity (Wildman–Crippen MR) is 135 cm³/mol. The summed E-state index contributed by atoms with van der Waals surface area (Å²) in [5, 5.41) is 0. The quantitative estimate of drug-likeness (QED) is 0.224. The number of unbranched alkanes of at least 4 members (excludes halogenated alkanes) is 13. The average Bonchev–Trinajstić information content (AvgIpc) is 2.81. The Morgan fingerprint density at radius 2 is 1.03 bits per heavy atom. The van der Waals surface area contributed by atoms with Crippen LogP contribution in [0, 0.1) is 0 Å². The molecular weight excluding hydrogens is 378 g/mol. The van der Waals surface area contributed by atoms with Crippen molar-refractivity contribution in [3.8, 4) is 5.75 Å². The van der Waals surface area contributed by atoms with Crippen molar-refractivity contribution in [2.75, 3.05) is 6.61 Å². The molecule has 2 heteroatoms. The number of benzene rings is 1. The third kappa shape index (κ3) is 13.0. The molecule has 0 amide bonds. The highest BCUT2D eigenvalue weighted by atomic mass is 16.5. The Bertz CT molecular complexity index is 678. The highest BCUT2D eigenvalue weighted by Crippen LogP contribution is 2.16. The molecule has 1 heterocycles. The lowest BCUT2D eigenvalue weighted by molar-refractivity contribution is 0.304. The maximum atomic E-state index is 5.90. The monoisotopic (exact) mass is 421 g/mol. The van der Waals surface area contributed by atoms with Crippen LogP contribution < -0.4 is 4.74 Å². The van der Waals surface area contributed by atoms with Gasteiger partial charge >= 0.3 is 0 Å². The van der Waals surface area contributed by atoms with E-state index in [1.54, 1.807) is 0 Å². The Balaban J connectivity index is 1.41. The normalized spacial score (nSPS) is 11.3. The highest BCUT2D eigenvalue weighted by molar-refractivity contribution is 5.69. The third-order valence-corrected chi connectivity index (χ3v) is 5.82. The van der Waals surface area contributed by atoms with Gasteiger partial charge in [0, 0.05) is 12.4 Å². The Kier molecular flexibility index (Phi) is 14.3. The number of aromatic nitrogens is 1. The summed E-state index contributed by atoms with van der Waals surface area (Å²) in [6, 6.07) is 12.4. The summed E-state index contributed by atoms with van der Waals surface area (Å²) in [7, 11) is 0. The van der Waals surface area contributed by atoms with Gasteiger partial charge in [-0.05, 0) is 41.8 Å². The first-order valence-electron chi connectivity index (χ1n) is 12.7. The first-order chi connectivity index (χ1) is 15.4. The lowest BCUT2D eigenvalue weighted by Gasteiger charge is -2.07. The summed E-state index contributed by atoms with van der Waals surface area (Å²) in [4.78, 5) is 4.04. The van der Waals surface area contributed by atoms with E-state index in [-0.39, 0.29) is 0 Å². The van der Waals surface area contributed by atoms with Gasteiger partial charge in [-0.1, -0.05) is 115 Å². The van der Waals surface area contributed by atoms with Gasteiger partial charge < -0.3 is 4.74 Å². The van der Waals surface area contributed by atoms with Gasteiger partial charge in [-0.2, -0.15) is 0 Å². The molecule has 0 atom stereocenters. The zero-order chi connectivity index (χ0) is 21.8. The van der Waals surface area contributed by atoms with Crippen molar-refractivity contribution in [2.45, 2.75) is 96.8 Å². The van der Waals surface area contributed by atoms with E-state index in [4.69, 9.17) is 4.74 Å². The van der Waals surface area contributed by atoms with Crippen molar-refractivity contribution >= 4 is 12.2 Å². The maximum absolute atomic E-state index is 5.90. The van der Waals surface area contributed by atoms with E-state index in [2.05, 4.69) is 48.3 Å². The molecule has 0 saturated carbocycles. The molecule has 2 rings (SSSR count). The fourth-order valence-electron chi connectivity index (χ4n) is 3.83. The van der Waals surface area contributed by atoms with Crippen molar-refractivity contribution in [2.24, 2.45) is 0 Å². The Labute approximate surface area is 191 Å². The summed E-state index contributed by atoms with van der Waals surface area (Å²) < 4.78 is 5.90. The molecule has 0 aliphatic carbocycles. The molecule has 0 saturated heterocycles. The molecule has 0 bridgehead atoms. The summed E-state index contributed by atoms with van der Waals surface area (Å²) in [5.41, 5.74) is 2.34. The number of ether oxygens (including phenoxy) is 1. The zero-order valence-electron chi connectivity index (χ0n) is 19.7. The molecule has 1 aromatic carbocycles. The minimum absolute atomic E-state index is 0.824. The maximum Gasteiger partial charge on any atom is 0.119 e. The molecule has 2 aromatic rings. The van der Waals surface area contributed by atoms with Gasteiger partial charge in [0.2, 0.25) is 0 Å². The molecule has 0 spiro atoms. The van der Waals surface area contributed by atoms with Crippen LogP contribution in [0.5, 0.6) is 5.75 Å². The summed E-state index contributed by atoms with van der Waals surface area (Å²) in [6.45, 7) is 3.11. The van der Waals surface area contributed by atoms with Gasteiger partial charge in [-0.3, -0.25) is 4.98 Å². The van der Waals surface area contributed by atoms with Crippen LogP contribution in [0.1, 0.15) is 108 Å². The van der Waals surface area contributed by atoms with Crippen LogP contribution in [0.25, 0.3) is 12.2 Å². The van der Waals surface area contributed by atoms with E-state index in [1.165, 1.54) is 89.0 Å². The lowest BCUT2D eigenvalue weighted by Crippen LogP contribution is -1.97. The molecule has 0 aliphatic rings. The number of hydrogen-bond donors (Lipinski definition) is 0. The van der Waals surface area contributed by atoms with Crippen LogP contribution in [0.15, 0.2) is 48.8 Å². The topological polar surface area (TPSA) is 22.1 Å². The van der Waals surface area contributed by atoms with Gasteiger partial charge in [0.15, 0.2) is 0 Å². The van der Waals surface area contributed by atoms with Crippen molar-refractivity contribution in [3.63, 3.8) is 0 Å². The van der Waals surface area contributed by atoms with Crippen LogP contribution in [-0.2, 0) is 0 Å². The molecule has 0 aliphatic heterocycles. The van der Waals surface area contributed by atoms with Crippen LogP contribution in [0.4, 0.5) is 0 Å². The number of hydrogen-bond acceptors (Lipinski definition) is 2. The van der Waals surface area contributed by atoms with Gasteiger partial charge in [-0.15, -0.1) is 0 Å². The van der Waals surface area contributed by atoms with Crippen LogP contribution >= 0.6 is 0 Å². The first-order valence-corrected chi connectivity index (χ1v) is 12.7. The fourth-order valence-corrected chi connectivity index (χ4v) is 3.83. The van der Waals surface area contributed by atoms with Crippen molar-refractivity contribution in [3.05, 3.63) is 59.9 Å². The van der Waals surface area contributed by atoms with Gasteiger partial charge in [0.05, 0.1) is 6.61 Å². The SMILES string of the molecule is CCCCCCCCCCCCCCCCOc1ccc(/C=C/c2ccncc2)cc1. The predicted octanol–water partition coefficient (Wildman–Crippen LogP) is 9.11. The molecule has 2 nitrogen and oxygen atoms in total. The fraction of sp³-hybridized carbons (Fsp3) is 0.552. The lowest BCUT2D eigenvalue weighted by atomic mass is 10.0. The molecule has 0 fully saturated rings. The van der Waals surface area contributed by atoms with E-state index in [1.807, 2.05) is 24.5 Å². The minimum atomic E-state index is 0.824. The number of nitrogens with zero attached hydrogens (tertiary/aromatic N) is 1. The van der Waals surface area contributed by atoms with Crippen LogP contribution in [0.3, 0.4) is 0 Å². The third-order valence-electron chi connectivity index (χ3n) is 5.82. The Morgan fingerprint density at radius 3 is 1.55 bits per heavy atom. The highest BCUT2D eigenvalue weighted by Gasteiger charge is 1.96. The van der Waals surface area contributed by atoms with E-state index < -0.39 is 0 Å². The second kappa shape index (κ2) is 17.6. The van der Waals surface area contributed by atoms with Crippen LogP contribution in [0.2, 0.25) is 0 Å². The number of rotatable bonds is 18. The molecule has 31 heavy (non-hydrogen) atoms. The Morgan fingerprint density at radius 1 is 0.581 bits per heavy atom. The zero-order valence-corrected chi connectivity index (χ0v) is 19.7. The molecule has 0 unspecified atom stereocenters. The van der Waals surface area contributed by atoms with E-state index in [0.717, 1.165) is 24.3 Å². The molecule has 0 radical (unpaired) electrons. The molecule has 170 valence electrons. The van der Waals surface area contributed by atoms with Crippen molar-refractivity contribution in [1.82, 2.24) is 4.98 Å². The van der Waals surface area contributed by atoms with Crippen LogP contribution in [-0.4, -0.2) is 11.6 Å². The summed E-state index contributed by atoms with van der Waals surface area (Å²) in [5.74, 6) is 0.968. The second-order valence-corrected chi connectivity index (χ2v) is 8.63. The van der Waals surface area contributed by atoms with E-state index in [9.17, 15) is 0 Å². The first kappa shape index (κ1) is 25.2. The average molecular weight is 422 g/mol.